The molecule has 0 saturated heterocycles. The van der Waals surface area contributed by atoms with Crippen LogP contribution in [0.3, 0.4) is 0 Å². The van der Waals surface area contributed by atoms with Crippen LogP contribution in [0.25, 0.3) is 0 Å². The van der Waals surface area contributed by atoms with Crippen molar-refractivity contribution in [3.8, 4) is 0 Å². The van der Waals surface area contributed by atoms with E-state index < -0.39 is 0 Å². The molecule has 0 heterocycles. The summed E-state index contributed by atoms with van der Waals surface area (Å²) in [5, 5.41) is 0. The van der Waals surface area contributed by atoms with Crippen LogP contribution < -0.4 is 0 Å². The van der Waals surface area contributed by atoms with Gasteiger partial charge in [-0.15, -0.1) is 11.6 Å². The van der Waals surface area contributed by atoms with Crippen molar-refractivity contribution in [1.29, 1.82) is 0 Å². The summed E-state index contributed by atoms with van der Waals surface area (Å²) in [6.07, 6.45) is 1.44. The SMILES string of the molecule is CCCOCCC(=O)CCl. The molecule has 0 spiro atoms. The molecule has 0 unspecified atom stereocenters. The van der Waals surface area contributed by atoms with Crippen molar-refractivity contribution in [3.63, 3.8) is 0 Å². The number of hydrogen-bond acceptors (Lipinski definition) is 2. The van der Waals surface area contributed by atoms with Gasteiger partial charge in [0.15, 0.2) is 0 Å². The van der Waals surface area contributed by atoms with Crippen LogP contribution in [0.15, 0.2) is 0 Å². The number of hydrogen-bond donors (Lipinski definition) is 0. The number of alkyl halides is 1. The first kappa shape index (κ1) is 9.92. The van der Waals surface area contributed by atoms with Gasteiger partial charge in [0, 0.05) is 13.0 Å². The van der Waals surface area contributed by atoms with Crippen LogP contribution in [0.2, 0.25) is 0 Å². The lowest BCUT2D eigenvalue weighted by Gasteiger charge is -1.98. The van der Waals surface area contributed by atoms with Crippen molar-refractivity contribution >= 4 is 17.4 Å². The summed E-state index contributed by atoms with van der Waals surface area (Å²) >= 11 is 5.26. The van der Waals surface area contributed by atoms with Crippen LogP contribution in [0.1, 0.15) is 19.8 Å². The smallest absolute Gasteiger partial charge is 0.149 e. The Kier molecular flexibility index (Phi) is 6.98. The summed E-state index contributed by atoms with van der Waals surface area (Å²) in [5.74, 6) is 0.160. The molecule has 0 radical (unpaired) electrons. The largest absolute Gasteiger partial charge is 0.381 e. The Morgan fingerprint density at radius 3 is 2.70 bits per heavy atom. The Hall–Kier alpha value is -0.0800. The first-order valence-corrected chi connectivity index (χ1v) is 4.00. The van der Waals surface area contributed by atoms with Gasteiger partial charge in [-0.1, -0.05) is 6.92 Å². The van der Waals surface area contributed by atoms with E-state index in [4.69, 9.17) is 16.3 Å². The Labute approximate surface area is 66.5 Å². The van der Waals surface area contributed by atoms with Crippen LogP contribution in [-0.4, -0.2) is 24.9 Å². The third kappa shape index (κ3) is 6.05. The molecule has 0 fully saturated rings. The zero-order valence-electron chi connectivity index (χ0n) is 6.23. The summed E-state index contributed by atoms with van der Waals surface area (Å²) in [4.78, 5) is 10.6. The highest BCUT2D eigenvalue weighted by molar-refractivity contribution is 6.27. The molecule has 0 saturated carbocycles. The van der Waals surface area contributed by atoms with Crippen LogP contribution in [0, 0.1) is 0 Å². The molecule has 0 aromatic rings. The average Bonchev–Trinajstić information content (AvgIpc) is 1.98. The predicted molar refractivity (Wildman–Crippen MR) is 41.5 cm³/mol. The number of carbonyl (C=O) groups is 1. The molecule has 0 rings (SSSR count). The third-order valence-electron chi connectivity index (χ3n) is 1.02. The zero-order valence-corrected chi connectivity index (χ0v) is 6.99. The molecule has 0 aromatic carbocycles. The maximum atomic E-state index is 10.6. The van der Waals surface area contributed by atoms with E-state index in [2.05, 4.69) is 0 Å². The zero-order chi connectivity index (χ0) is 7.82. The molecule has 0 atom stereocenters. The van der Waals surface area contributed by atoms with E-state index in [9.17, 15) is 4.79 Å². The second-order valence-electron chi connectivity index (χ2n) is 2.03. The Morgan fingerprint density at radius 2 is 2.20 bits per heavy atom. The van der Waals surface area contributed by atoms with Gasteiger partial charge in [-0.25, -0.2) is 0 Å². The van der Waals surface area contributed by atoms with Crippen molar-refractivity contribution in [2.75, 3.05) is 19.1 Å². The van der Waals surface area contributed by atoms with Gasteiger partial charge in [0.1, 0.15) is 5.78 Å². The lowest BCUT2D eigenvalue weighted by Crippen LogP contribution is -2.05. The summed E-state index contributed by atoms with van der Waals surface area (Å²) in [6.45, 7) is 3.28. The molecule has 0 aromatic heterocycles. The molecule has 3 heteroatoms. The van der Waals surface area contributed by atoms with Crippen LogP contribution in [0.5, 0.6) is 0 Å². The molecular formula is C7H13ClO2. The predicted octanol–water partition coefficient (Wildman–Crippen LogP) is 1.61. The average molecular weight is 165 g/mol. The van der Waals surface area contributed by atoms with Crippen molar-refractivity contribution < 1.29 is 9.53 Å². The van der Waals surface area contributed by atoms with Gasteiger partial charge in [-0.05, 0) is 6.42 Å². The van der Waals surface area contributed by atoms with Crippen LogP contribution >= 0.6 is 11.6 Å². The number of carbonyl (C=O) groups excluding carboxylic acids is 1. The van der Waals surface area contributed by atoms with Crippen molar-refractivity contribution in [2.45, 2.75) is 19.8 Å². The number of ether oxygens (including phenoxy) is 1. The molecule has 60 valence electrons. The lowest BCUT2D eigenvalue weighted by molar-refractivity contribution is -0.117. The Balaban J connectivity index is 2.96. The summed E-state index contributed by atoms with van der Waals surface area (Å²) in [5.41, 5.74) is 0. The fourth-order valence-corrected chi connectivity index (χ4v) is 0.633. The van der Waals surface area contributed by atoms with Gasteiger partial charge in [0.25, 0.3) is 0 Å². The molecular weight excluding hydrogens is 152 g/mol. The van der Waals surface area contributed by atoms with Gasteiger partial charge in [0.2, 0.25) is 0 Å². The van der Waals surface area contributed by atoms with Crippen LogP contribution in [-0.2, 0) is 9.53 Å². The van der Waals surface area contributed by atoms with Crippen molar-refractivity contribution in [3.05, 3.63) is 0 Å². The molecule has 0 aliphatic rings. The van der Waals surface area contributed by atoms with E-state index in [0.717, 1.165) is 13.0 Å². The minimum Gasteiger partial charge on any atom is -0.381 e. The summed E-state index contributed by atoms with van der Waals surface area (Å²) < 4.78 is 5.08. The maximum absolute atomic E-state index is 10.6. The third-order valence-corrected chi connectivity index (χ3v) is 1.32. The highest BCUT2D eigenvalue weighted by Gasteiger charge is 1.97. The standard InChI is InChI=1S/C7H13ClO2/c1-2-4-10-5-3-7(9)6-8/h2-6H2,1H3. The molecule has 0 N–H and O–H groups in total. The monoisotopic (exact) mass is 164 g/mol. The van der Waals surface area contributed by atoms with Gasteiger partial charge in [-0.3, -0.25) is 4.79 Å². The molecule has 0 aliphatic carbocycles. The van der Waals surface area contributed by atoms with Gasteiger partial charge >= 0.3 is 0 Å². The minimum absolute atomic E-state index is 0.0535. The minimum atomic E-state index is 0.0535. The Bertz CT molecular complexity index is 93.6. The second-order valence-corrected chi connectivity index (χ2v) is 2.30. The molecule has 10 heavy (non-hydrogen) atoms. The quantitative estimate of drug-likeness (QED) is 0.441. The molecule has 0 aliphatic heterocycles. The molecule has 0 amide bonds. The number of ketones is 1. The first-order chi connectivity index (χ1) is 4.81. The normalized spacial score (nSPS) is 9.80. The van der Waals surface area contributed by atoms with E-state index in [1.165, 1.54) is 0 Å². The van der Waals surface area contributed by atoms with E-state index in [0.29, 0.717) is 13.0 Å². The first-order valence-electron chi connectivity index (χ1n) is 3.46. The Morgan fingerprint density at radius 1 is 1.50 bits per heavy atom. The highest BCUT2D eigenvalue weighted by Crippen LogP contribution is 1.89. The van der Waals surface area contributed by atoms with Crippen molar-refractivity contribution in [2.24, 2.45) is 0 Å². The topological polar surface area (TPSA) is 26.3 Å². The van der Waals surface area contributed by atoms with Crippen molar-refractivity contribution in [1.82, 2.24) is 0 Å². The fraction of sp³-hybridized carbons (Fsp3) is 0.857. The molecule has 0 bridgehead atoms. The van der Waals surface area contributed by atoms with E-state index in [1.54, 1.807) is 0 Å². The van der Waals surface area contributed by atoms with Gasteiger partial charge < -0.3 is 4.74 Å². The summed E-state index contributed by atoms with van der Waals surface area (Å²) in [7, 11) is 0. The maximum Gasteiger partial charge on any atom is 0.149 e. The van der Waals surface area contributed by atoms with Gasteiger partial charge in [-0.2, -0.15) is 0 Å². The lowest BCUT2D eigenvalue weighted by atomic mass is 10.3. The number of rotatable bonds is 6. The number of Topliss-reactive ketones (excluding diaryl/α,β-unsaturated/α-hetero) is 1. The number of halogens is 1. The van der Waals surface area contributed by atoms with E-state index >= 15 is 0 Å². The summed E-state index contributed by atoms with van der Waals surface area (Å²) in [6, 6.07) is 0. The fourth-order valence-electron chi connectivity index (χ4n) is 0.499. The second kappa shape index (κ2) is 7.03. The van der Waals surface area contributed by atoms with E-state index in [-0.39, 0.29) is 11.7 Å². The highest BCUT2D eigenvalue weighted by atomic mass is 35.5. The molecule has 2 nitrogen and oxygen atoms in total. The van der Waals surface area contributed by atoms with Crippen LogP contribution in [0.4, 0.5) is 0 Å². The van der Waals surface area contributed by atoms with Gasteiger partial charge in [0.05, 0.1) is 12.5 Å². The van der Waals surface area contributed by atoms with E-state index in [1.807, 2.05) is 6.92 Å².